The molecule has 0 aliphatic carbocycles. The minimum Gasteiger partial charge on any atom is -0.384 e. The summed E-state index contributed by atoms with van der Waals surface area (Å²) in [6.45, 7) is 0. The lowest BCUT2D eigenvalue weighted by Gasteiger charge is -2.02. The summed E-state index contributed by atoms with van der Waals surface area (Å²) in [6.07, 6.45) is 0. The number of hydrogen-bond donors (Lipinski definition) is 3. The molecule has 1 aromatic carbocycles. The number of nitrogens with two attached hydrogens (primary N) is 2. The predicted octanol–water partition coefficient (Wildman–Crippen LogP) is 0.674. The number of primary amides is 1. The summed E-state index contributed by atoms with van der Waals surface area (Å²) in [5.41, 5.74) is 11.4. The van der Waals surface area contributed by atoms with Crippen LogP contribution in [0.2, 0.25) is 0 Å². The summed E-state index contributed by atoms with van der Waals surface area (Å²) in [7, 11) is 0. The molecule has 5 N–H and O–H groups in total. The monoisotopic (exact) mass is 289 g/mol. The third-order valence-corrected chi connectivity index (χ3v) is 2.44. The van der Waals surface area contributed by atoms with Crippen LogP contribution in [0.4, 0.5) is 0 Å². The van der Waals surface area contributed by atoms with E-state index in [1.807, 2.05) is 22.6 Å². The van der Waals surface area contributed by atoms with E-state index < -0.39 is 5.91 Å². The van der Waals surface area contributed by atoms with Crippen LogP contribution >= 0.6 is 22.6 Å². The van der Waals surface area contributed by atoms with Gasteiger partial charge in [-0.25, -0.2) is 0 Å². The summed E-state index contributed by atoms with van der Waals surface area (Å²) in [5, 5.41) is 7.17. The van der Waals surface area contributed by atoms with Crippen molar-refractivity contribution >= 4 is 34.3 Å². The fourth-order valence-corrected chi connectivity index (χ4v) is 1.66. The lowest BCUT2D eigenvalue weighted by Crippen LogP contribution is -2.15. The third kappa shape index (κ3) is 2.18. The van der Waals surface area contributed by atoms with E-state index in [9.17, 15) is 4.79 Å². The maximum atomic E-state index is 10.8. The summed E-state index contributed by atoms with van der Waals surface area (Å²) < 4.78 is 0.706. The van der Waals surface area contributed by atoms with Gasteiger partial charge in [0.2, 0.25) is 5.91 Å². The van der Waals surface area contributed by atoms with Gasteiger partial charge in [0.1, 0.15) is 5.84 Å². The number of amidine groups is 1. The zero-order valence-electron chi connectivity index (χ0n) is 6.67. The number of nitrogens with one attached hydrogen (secondary N) is 1. The Hall–Kier alpha value is -1.11. The Balaban J connectivity index is 3.20. The molecule has 0 saturated carbocycles. The quantitative estimate of drug-likeness (QED) is 0.424. The van der Waals surface area contributed by atoms with Crippen LogP contribution in [0.3, 0.4) is 0 Å². The summed E-state index contributed by atoms with van der Waals surface area (Å²) in [5.74, 6) is -0.492. The van der Waals surface area contributed by atoms with E-state index in [0.717, 1.165) is 0 Å². The lowest BCUT2D eigenvalue weighted by atomic mass is 10.1. The van der Waals surface area contributed by atoms with Gasteiger partial charge in [0.05, 0.1) is 5.56 Å². The van der Waals surface area contributed by atoms with Crippen molar-refractivity contribution in [2.45, 2.75) is 0 Å². The second kappa shape index (κ2) is 3.73. The largest absolute Gasteiger partial charge is 0.384 e. The van der Waals surface area contributed by atoms with Crippen LogP contribution in [0.15, 0.2) is 18.2 Å². The number of benzene rings is 1. The molecule has 13 heavy (non-hydrogen) atoms. The summed E-state index contributed by atoms with van der Waals surface area (Å²) in [6, 6.07) is 4.83. The molecule has 0 fully saturated rings. The molecule has 0 aliphatic rings. The van der Waals surface area contributed by atoms with Crippen molar-refractivity contribution in [3.05, 3.63) is 32.9 Å². The topological polar surface area (TPSA) is 93.0 Å². The van der Waals surface area contributed by atoms with E-state index >= 15 is 0 Å². The zero-order chi connectivity index (χ0) is 10.0. The highest BCUT2D eigenvalue weighted by molar-refractivity contribution is 14.1. The molecule has 0 heterocycles. The van der Waals surface area contributed by atoms with Crippen molar-refractivity contribution in [2.24, 2.45) is 11.5 Å². The molecule has 0 saturated heterocycles. The third-order valence-electron chi connectivity index (χ3n) is 1.55. The fraction of sp³-hybridized carbons (Fsp3) is 0. The van der Waals surface area contributed by atoms with Crippen LogP contribution in [0, 0.1) is 8.98 Å². The van der Waals surface area contributed by atoms with E-state index in [0.29, 0.717) is 14.7 Å². The highest BCUT2D eigenvalue weighted by atomic mass is 127. The number of halogens is 1. The van der Waals surface area contributed by atoms with Crippen LogP contribution in [0.25, 0.3) is 0 Å². The normalized spacial score (nSPS) is 9.62. The molecule has 4 nitrogen and oxygen atoms in total. The second-order valence-corrected chi connectivity index (χ2v) is 3.63. The first-order valence-corrected chi connectivity index (χ1v) is 4.54. The molecule has 0 aromatic heterocycles. The fourth-order valence-electron chi connectivity index (χ4n) is 0.882. The van der Waals surface area contributed by atoms with Gasteiger partial charge in [0.25, 0.3) is 0 Å². The number of amides is 1. The molecule has 0 unspecified atom stereocenters. The van der Waals surface area contributed by atoms with E-state index in [2.05, 4.69) is 0 Å². The smallest absolute Gasteiger partial charge is 0.249 e. The van der Waals surface area contributed by atoms with Crippen LogP contribution in [0.5, 0.6) is 0 Å². The van der Waals surface area contributed by atoms with Gasteiger partial charge in [0.15, 0.2) is 0 Å². The molecule has 0 atom stereocenters. The van der Waals surface area contributed by atoms with Gasteiger partial charge >= 0.3 is 0 Å². The molecule has 1 aromatic rings. The van der Waals surface area contributed by atoms with Gasteiger partial charge in [-0.2, -0.15) is 0 Å². The van der Waals surface area contributed by atoms with Gasteiger partial charge in [-0.05, 0) is 34.7 Å². The van der Waals surface area contributed by atoms with Crippen molar-refractivity contribution in [3.63, 3.8) is 0 Å². The van der Waals surface area contributed by atoms with E-state index in [1.165, 1.54) is 0 Å². The minimum absolute atomic E-state index is 0.0195. The van der Waals surface area contributed by atoms with Crippen molar-refractivity contribution in [3.8, 4) is 0 Å². The van der Waals surface area contributed by atoms with Crippen molar-refractivity contribution in [1.82, 2.24) is 0 Å². The highest BCUT2D eigenvalue weighted by Gasteiger charge is 2.07. The molecule has 5 heteroatoms. The summed E-state index contributed by atoms with van der Waals surface area (Å²) >= 11 is 1.98. The minimum atomic E-state index is -0.473. The molecule has 0 bridgehead atoms. The van der Waals surface area contributed by atoms with Crippen molar-refractivity contribution < 1.29 is 4.79 Å². The lowest BCUT2D eigenvalue weighted by molar-refractivity contribution is 0.0999. The number of carbonyl (C=O) groups excluding carboxylic acids is 1. The Morgan fingerprint density at radius 1 is 1.38 bits per heavy atom. The Kier molecular flexibility index (Phi) is 2.86. The van der Waals surface area contributed by atoms with E-state index in [-0.39, 0.29) is 5.84 Å². The molecule has 0 aliphatic heterocycles. The first-order valence-electron chi connectivity index (χ1n) is 3.46. The molecule has 68 valence electrons. The molecule has 0 radical (unpaired) electrons. The number of nitrogen functional groups attached to an aromatic ring is 1. The first-order chi connectivity index (χ1) is 6.02. The Bertz CT molecular complexity index is 376. The van der Waals surface area contributed by atoms with Gasteiger partial charge < -0.3 is 11.5 Å². The van der Waals surface area contributed by atoms with Crippen LogP contribution in [0.1, 0.15) is 15.9 Å². The molecule has 0 spiro atoms. The van der Waals surface area contributed by atoms with Gasteiger partial charge in [-0.15, -0.1) is 0 Å². The average molecular weight is 289 g/mol. The van der Waals surface area contributed by atoms with Crippen LogP contribution < -0.4 is 11.5 Å². The standard InChI is InChI=1S/C8H8IN3O/c9-6-3-4(7(10)11)1-2-5(6)8(12)13/h1-3H,(H3,10,11)(H2,12,13). The van der Waals surface area contributed by atoms with Crippen molar-refractivity contribution in [2.75, 3.05) is 0 Å². The van der Waals surface area contributed by atoms with E-state index in [1.54, 1.807) is 18.2 Å². The van der Waals surface area contributed by atoms with Crippen LogP contribution in [-0.4, -0.2) is 11.7 Å². The SMILES string of the molecule is N=C(N)c1ccc(C(N)=O)c(I)c1. The van der Waals surface area contributed by atoms with Gasteiger partial charge in [-0.1, -0.05) is 6.07 Å². The number of hydrogen-bond acceptors (Lipinski definition) is 2. The van der Waals surface area contributed by atoms with Crippen molar-refractivity contribution in [1.29, 1.82) is 5.41 Å². The maximum Gasteiger partial charge on any atom is 0.249 e. The molecule has 1 amide bonds. The Morgan fingerprint density at radius 2 is 2.00 bits per heavy atom. The predicted molar refractivity (Wildman–Crippen MR) is 58.7 cm³/mol. The first kappa shape index (κ1) is 9.97. The Morgan fingerprint density at radius 3 is 2.38 bits per heavy atom. The summed E-state index contributed by atoms with van der Waals surface area (Å²) in [4.78, 5) is 10.8. The molecular weight excluding hydrogens is 281 g/mol. The van der Waals surface area contributed by atoms with Gasteiger partial charge in [-0.3, -0.25) is 10.2 Å². The molecular formula is C8H8IN3O. The Labute approximate surface area is 88.9 Å². The number of rotatable bonds is 2. The maximum absolute atomic E-state index is 10.8. The highest BCUT2D eigenvalue weighted by Crippen LogP contribution is 2.13. The zero-order valence-corrected chi connectivity index (χ0v) is 8.83. The average Bonchev–Trinajstić information content (AvgIpc) is 2.03. The second-order valence-electron chi connectivity index (χ2n) is 2.47. The number of carbonyl (C=O) groups is 1. The van der Waals surface area contributed by atoms with Crippen LogP contribution in [-0.2, 0) is 0 Å². The molecule has 1 rings (SSSR count). The van der Waals surface area contributed by atoms with Gasteiger partial charge in [0, 0.05) is 9.13 Å². The van der Waals surface area contributed by atoms with E-state index in [4.69, 9.17) is 16.9 Å².